The Labute approximate surface area is 812 Å². The zero-order chi connectivity index (χ0) is 90.7. The van der Waals surface area contributed by atoms with Crippen molar-refractivity contribution in [2.45, 2.75) is 103 Å². The number of rotatable bonds is 0. The van der Waals surface area contributed by atoms with E-state index in [0.29, 0.717) is 0 Å². The molecular formula is C132H88N8. The first-order valence-corrected chi connectivity index (χ1v) is 50.3. The average Bonchev–Trinajstić information content (AvgIpc) is 1.33. The van der Waals surface area contributed by atoms with E-state index in [4.69, 9.17) is 9.97 Å². The van der Waals surface area contributed by atoms with Crippen LogP contribution < -0.4 is 19.6 Å². The summed E-state index contributed by atoms with van der Waals surface area (Å²) in [6.07, 6.45) is 28.0. The van der Waals surface area contributed by atoms with Crippen LogP contribution >= 0.6 is 0 Å². The molecule has 8 nitrogen and oxygen atoms in total. The van der Waals surface area contributed by atoms with Gasteiger partial charge in [-0.15, -0.1) is 0 Å². The number of aromatic nitrogens is 4. The first-order valence-electron chi connectivity index (χ1n) is 50.3. The summed E-state index contributed by atoms with van der Waals surface area (Å²) < 4.78 is 0. The zero-order valence-electron chi connectivity index (χ0n) is 77.2. The monoisotopic (exact) mass is 1780 g/mol. The highest BCUT2D eigenvalue weighted by atomic mass is 15.2. The lowest BCUT2D eigenvalue weighted by atomic mass is 9.80. The predicted molar refractivity (Wildman–Crippen MR) is 564 cm³/mol. The van der Waals surface area contributed by atoms with E-state index in [1.165, 1.54) is 330 Å². The Balaban J connectivity index is 0.0000000829. The molecule has 20 aromatic rings. The molecular weight excluding hydrogens is 1700 g/mol. The first-order chi connectivity index (χ1) is 69.4. The van der Waals surface area contributed by atoms with Crippen LogP contribution in [0.4, 0.5) is 68.4 Å². The third kappa shape index (κ3) is 10.6. The van der Waals surface area contributed by atoms with E-state index < -0.39 is 0 Å². The molecule has 0 fully saturated rings. The van der Waals surface area contributed by atoms with Gasteiger partial charge in [-0.3, -0.25) is 19.9 Å². The minimum atomic E-state index is 0.899. The maximum absolute atomic E-state index is 4.94. The highest BCUT2D eigenvalue weighted by Gasteiger charge is 2.46. The molecule has 0 saturated heterocycles. The SMILES string of the molecule is c1ccc2c(c1)Cc1c-2ccc2c1Cc1c3c(cc4c1N2c1cccnc1C4)-c1ccccc1C3.c1ccc2c(c1)Cc1c-2ccc2c1Cc1c3c(cc4c1N2c1ccncc1C4)Cc1ccccc1-3.c1ccc2c(c1)Cc1c-2ccc2c1Cc1c3c(cc4c1N2c1cnccc1C4)Cc1ccccc1-3.c1ccc2c(c1)Cc1c-2ccc2c1Cc1c3c(cc4c1N2c1ncccc1C4)Cc1ccccc1-3. The number of hydrogen-bond acceptors (Lipinski definition) is 8. The fourth-order valence-electron chi connectivity index (χ4n) is 28.8. The van der Waals surface area contributed by atoms with Gasteiger partial charge in [0.1, 0.15) is 5.82 Å². The largest absolute Gasteiger partial charge is 0.309 e. The van der Waals surface area contributed by atoms with Crippen LogP contribution in [0.3, 0.4) is 0 Å². The van der Waals surface area contributed by atoms with Crippen LogP contribution in [0.5, 0.6) is 0 Å². The van der Waals surface area contributed by atoms with Gasteiger partial charge in [-0.05, 0) is 374 Å². The highest BCUT2D eigenvalue weighted by molar-refractivity contribution is 6.04. The van der Waals surface area contributed by atoms with E-state index in [-0.39, 0.29) is 0 Å². The normalized spacial score (nSPS) is 14.9. The van der Waals surface area contributed by atoms with Gasteiger partial charge in [-0.1, -0.05) is 243 Å². The van der Waals surface area contributed by atoms with Gasteiger partial charge >= 0.3 is 0 Å². The van der Waals surface area contributed by atoms with E-state index in [1.54, 1.807) is 0 Å². The molecule has 0 unspecified atom stereocenters. The van der Waals surface area contributed by atoms with Crippen LogP contribution in [0.25, 0.3) is 89.0 Å². The minimum Gasteiger partial charge on any atom is -0.309 e. The molecule has 0 bridgehead atoms. The quantitative estimate of drug-likeness (QED) is 0.149. The van der Waals surface area contributed by atoms with Gasteiger partial charge in [0.05, 0.1) is 74.5 Å². The second-order valence-corrected chi connectivity index (χ2v) is 41.3. The number of nitrogens with zero attached hydrogens (tertiary/aromatic N) is 8. The van der Waals surface area contributed by atoms with Crippen LogP contribution in [0, 0.1) is 0 Å². The van der Waals surface area contributed by atoms with E-state index in [2.05, 4.69) is 345 Å². The van der Waals surface area contributed by atoms with Crippen molar-refractivity contribution in [3.05, 3.63) is 519 Å². The summed E-state index contributed by atoms with van der Waals surface area (Å²) in [6.45, 7) is 0. The highest BCUT2D eigenvalue weighted by Crippen LogP contribution is 2.64. The third-order valence-corrected chi connectivity index (χ3v) is 34.5. The number of pyridine rings is 4. The smallest absolute Gasteiger partial charge is 0.141 e. The van der Waals surface area contributed by atoms with Crippen LogP contribution in [-0.4, -0.2) is 19.9 Å². The standard InChI is InChI=1S/4C33H22N2/c1-3-9-24-20(7-1)17-27-26(24)11-12-30-28(27)18-29-31-22(14-19-6-2-4-10-25(19)31)16-23-15-21-8-5-13-34-33(21)35(30)32(23)29;1-3-8-22-19(6-1)14-26-24(22)11-12-31-28(26)18-29-27-15-20-7-2-4-9-23(20)25(27)16-21-17-30-32(10-5-13-34-30)35(31)33(21)29;1-3-7-24-20(6-1)16-27-26(24)9-10-31-28(27)17-29-32-21(13-19-5-2-4-8-25(19)32)14-22-15-23-18-34-12-11-30(23)35(31)33(22)29;1-3-7-24-20(6-1)16-27-26(24)9-10-30-28(27)17-29-32-22(13-19-5-2-4-8-25(19)32)15-23-14-21-11-12-34-18-31(21)35(30)33(23)29/h2*1-13,16H,14-15,17-18H2;1-12,14,18H,13,15-17H2;1-12,15,18H,13-14,16-17H2. The molecule has 12 heterocycles. The van der Waals surface area contributed by atoms with Crippen LogP contribution in [0.1, 0.15) is 178 Å². The topological polar surface area (TPSA) is 64.5 Å². The van der Waals surface area contributed by atoms with Gasteiger partial charge in [0.2, 0.25) is 0 Å². The fraction of sp³-hybridized carbons (Fsp3) is 0.121. The molecule has 0 spiro atoms. The Morgan fingerprint density at radius 1 is 0.157 bits per heavy atom. The fourth-order valence-corrected chi connectivity index (χ4v) is 28.8. The summed E-state index contributed by atoms with van der Waals surface area (Å²) in [5.41, 5.74) is 84.3. The van der Waals surface area contributed by atoms with Crippen molar-refractivity contribution in [2.75, 3.05) is 19.6 Å². The lowest BCUT2D eigenvalue weighted by Gasteiger charge is -2.41. The van der Waals surface area contributed by atoms with Gasteiger partial charge in [-0.2, -0.15) is 0 Å². The van der Waals surface area contributed by atoms with Crippen molar-refractivity contribution in [2.24, 2.45) is 0 Å². The Kier molecular flexibility index (Phi) is 15.6. The molecule has 0 saturated carbocycles. The Morgan fingerprint density at radius 3 is 0.957 bits per heavy atom. The lowest BCUT2D eigenvalue weighted by molar-refractivity contribution is 0.953. The molecule has 16 aliphatic rings. The van der Waals surface area contributed by atoms with Gasteiger partial charge in [0.25, 0.3) is 0 Å². The maximum atomic E-state index is 4.94. The summed E-state index contributed by atoms with van der Waals surface area (Å²) in [5, 5.41) is 0. The van der Waals surface area contributed by atoms with Crippen molar-refractivity contribution in [3.63, 3.8) is 0 Å². The number of fused-ring (bicyclic) bond motifs is 48. The zero-order valence-corrected chi connectivity index (χ0v) is 77.2. The molecule has 0 radical (unpaired) electrons. The van der Waals surface area contributed by atoms with Gasteiger partial charge in [-0.25, -0.2) is 4.98 Å². The van der Waals surface area contributed by atoms with Crippen molar-refractivity contribution in [3.8, 4) is 89.0 Å². The maximum Gasteiger partial charge on any atom is 0.141 e. The second-order valence-electron chi connectivity index (χ2n) is 41.3. The van der Waals surface area contributed by atoms with Gasteiger partial charge in [0, 0.05) is 82.4 Å². The molecule has 656 valence electrons. The Morgan fingerprint density at radius 2 is 0.486 bits per heavy atom. The van der Waals surface area contributed by atoms with E-state index >= 15 is 0 Å². The Bertz CT molecular complexity index is 8510. The van der Waals surface area contributed by atoms with Crippen LogP contribution in [0.15, 0.2) is 340 Å². The van der Waals surface area contributed by atoms with Crippen LogP contribution in [0.2, 0.25) is 0 Å². The molecule has 4 aromatic heterocycles. The summed E-state index contributed by atoms with van der Waals surface area (Å²) in [7, 11) is 0. The summed E-state index contributed by atoms with van der Waals surface area (Å²) in [6, 6.07) is 114. The minimum absolute atomic E-state index is 0.899. The average molecular weight is 1790 g/mol. The van der Waals surface area contributed by atoms with Crippen molar-refractivity contribution < 1.29 is 0 Å². The molecule has 0 amide bonds. The number of benzene rings is 16. The van der Waals surface area contributed by atoms with E-state index in [1.807, 2.05) is 24.8 Å². The molecule has 0 N–H and O–H groups in total. The van der Waals surface area contributed by atoms with Gasteiger partial charge in [0.15, 0.2) is 0 Å². The van der Waals surface area contributed by atoms with Crippen LogP contribution in [-0.2, 0) is 103 Å². The molecule has 140 heavy (non-hydrogen) atoms. The van der Waals surface area contributed by atoms with E-state index in [9.17, 15) is 0 Å². The van der Waals surface area contributed by atoms with Crippen molar-refractivity contribution in [1.82, 2.24) is 19.9 Å². The summed E-state index contributed by atoms with van der Waals surface area (Å²) >= 11 is 0. The number of hydrogen-bond donors (Lipinski definition) is 0. The predicted octanol–water partition coefficient (Wildman–Crippen LogP) is 30.0. The molecule has 16 aromatic carbocycles. The molecule has 8 heteroatoms. The van der Waals surface area contributed by atoms with E-state index in [0.717, 1.165) is 109 Å². The molecule has 0 atom stereocenters. The van der Waals surface area contributed by atoms with Gasteiger partial charge < -0.3 is 14.7 Å². The summed E-state index contributed by atoms with van der Waals surface area (Å²) in [4.78, 5) is 29.0. The van der Waals surface area contributed by atoms with Crippen molar-refractivity contribution in [1.29, 1.82) is 0 Å². The Hall–Kier alpha value is -16.7. The summed E-state index contributed by atoms with van der Waals surface area (Å²) in [5.74, 6) is 1.10. The second kappa shape index (κ2) is 28.5. The molecule has 8 aliphatic heterocycles. The van der Waals surface area contributed by atoms with Crippen molar-refractivity contribution >= 4 is 68.4 Å². The first kappa shape index (κ1) is 76.5. The number of anilines is 12. The molecule has 8 aliphatic carbocycles. The third-order valence-electron chi connectivity index (χ3n) is 34.5. The lowest BCUT2D eigenvalue weighted by Crippen LogP contribution is -2.27. The molecule has 36 rings (SSSR count).